The molecule has 4 nitrogen and oxygen atoms in total. The maximum atomic E-state index is 11.8. The predicted molar refractivity (Wildman–Crippen MR) is 69.3 cm³/mol. The summed E-state index contributed by atoms with van der Waals surface area (Å²) in [7, 11) is 1.62. The van der Waals surface area contributed by atoms with Crippen LogP contribution in [0.2, 0.25) is 0 Å². The molecule has 1 amide bonds. The van der Waals surface area contributed by atoms with Crippen LogP contribution in [0.15, 0.2) is 0 Å². The minimum absolute atomic E-state index is 0.0471. The van der Waals surface area contributed by atoms with Crippen molar-refractivity contribution in [3.8, 4) is 0 Å². The third kappa shape index (κ3) is 5.42. The van der Waals surface area contributed by atoms with Crippen molar-refractivity contribution in [2.75, 3.05) is 13.7 Å². The Hall–Kier alpha value is -0.680. The predicted octanol–water partition coefficient (Wildman–Crippen LogP) is 1.23. The lowest BCUT2D eigenvalue weighted by molar-refractivity contribution is -0.124. The van der Waals surface area contributed by atoms with Gasteiger partial charge in [-0.05, 0) is 12.8 Å². The summed E-state index contributed by atoms with van der Waals surface area (Å²) in [6.07, 6.45) is 2.53. The third-order valence-electron chi connectivity index (χ3n) is 2.42. The zero-order valence-corrected chi connectivity index (χ0v) is 11.1. The van der Waals surface area contributed by atoms with Gasteiger partial charge in [-0.1, -0.05) is 32.5 Å². The molecule has 0 aliphatic carbocycles. The summed E-state index contributed by atoms with van der Waals surface area (Å²) in [6.45, 7) is 4.49. The fourth-order valence-electron chi connectivity index (χ4n) is 1.56. The lowest BCUT2D eigenvalue weighted by Gasteiger charge is -2.20. The van der Waals surface area contributed by atoms with Gasteiger partial charge in [-0.15, -0.1) is 0 Å². The Balaban J connectivity index is 4.30. The van der Waals surface area contributed by atoms with Crippen LogP contribution in [0.3, 0.4) is 0 Å². The van der Waals surface area contributed by atoms with Crippen molar-refractivity contribution in [2.24, 2.45) is 11.7 Å². The summed E-state index contributed by atoms with van der Waals surface area (Å²) < 4.78 is 5.05. The average Bonchev–Trinajstić information content (AvgIpc) is 2.18. The van der Waals surface area contributed by atoms with E-state index in [1.165, 1.54) is 0 Å². The Morgan fingerprint density at radius 2 is 2.12 bits per heavy atom. The first kappa shape index (κ1) is 15.3. The van der Waals surface area contributed by atoms with Gasteiger partial charge in [0, 0.05) is 7.11 Å². The second kappa shape index (κ2) is 8.47. The van der Waals surface area contributed by atoms with Crippen molar-refractivity contribution in [3.63, 3.8) is 0 Å². The van der Waals surface area contributed by atoms with E-state index in [-0.39, 0.29) is 22.9 Å². The Bertz CT molecular complexity index is 228. The molecular weight excluding hydrogens is 224 g/mol. The second-order valence-corrected chi connectivity index (χ2v) is 4.28. The molecule has 0 heterocycles. The van der Waals surface area contributed by atoms with Crippen molar-refractivity contribution < 1.29 is 9.53 Å². The summed E-state index contributed by atoms with van der Waals surface area (Å²) in [5.41, 5.74) is 5.51. The van der Waals surface area contributed by atoms with E-state index in [0.717, 1.165) is 12.8 Å². The lowest BCUT2D eigenvalue weighted by atomic mass is 10.0. The summed E-state index contributed by atoms with van der Waals surface area (Å²) in [6, 6.07) is 0.0471. The van der Waals surface area contributed by atoms with Crippen molar-refractivity contribution >= 4 is 23.1 Å². The number of rotatable bonds is 8. The van der Waals surface area contributed by atoms with E-state index >= 15 is 0 Å². The minimum atomic E-state index is -0.369. The number of carbonyl (C=O) groups is 1. The van der Waals surface area contributed by atoms with Crippen molar-refractivity contribution in [1.82, 2.24) is 5.32 Å². The number of hydrogen-bond donors (Lipinski definition) is 2. The third-order valence-corrected chi connectivity index (χ3v) is 2.70. The first-order valence-corrected chi connectivity index (χ1v) is 6.06. The highest BCUT2D eigenvalue weighted by Gasteiger charge is 2.21. The van der Waals surface area contributed by atoms with Crippen LogP contribution in [0.25, 0.3) is 0 Å². The molecule has 3 N–H and O–H groups in total. The molecule has 16 heavy (non-hydrogen) atoms. The first-order chi connectivity index (χ1) is 7.56. The van der Waals surface area contributed by atoms with Crippen molar-refractivity contribution in [1.29, 1.82) is 0 Å². The number of methoxy groups -OCH3 is 1. The molecule has 0 saturated heterocycles. The number of amides is 1. The highest BCUT2D eigenvalue weighted by Crippen LogP contribution is 2.05. The SMILES string of the molecule is CCCC(COC)NC(=O)C(CC)C(N)=S. The molecule has 0 spiro atoms. The fraction of sp³-hybridized carbons (Fsp3) is 0.818. The topological polar surface area (TPSA) is 64.3 Å². The summed E-state index contributed by atoms with van der Waals surface area (Å²) in [5.74, 6) is -0.461. The number of carbonyl (C=O) groups excluding carboxylic acids is 1. The summed E-state index contributed by atoms with van der Waals surface area (Å²) >= 11 is 4.86. The van der Waals surface area contributed by atoms with Gasteiger partial charge in [-0.3, -0.25) is 4.79 Å². The Labute approximate surface area is 103 Å². The van der Waals surface area contributed by atoms with E-state index in [1.807, 2.05) is 6.92 Å². The molecule has 0 fully saturated rings. The Kier molecular flexibility index (Phi) is 8.11. The second-order valence-electron chi connectivity index (χ2n) is 3.81. The molecule has 0 aromatic rings. The van der Waals surface area contributed by atoms with Gasteiger partial charge in [-0.25, -0.2) is 0 Å². The van der Waals surface area contributed by atoms with E-state index in [4.69, 9.17) is 22.7 Å². The zero-order valence-electron chi connectivity index (χ0n) is 10.3. The van der Waals surface area contributed by atoms with E-state index in [9.17, 15) is 4.79 Å². The highest BCUT2D eigenvalue weighted by molar-refractivity contribution is 7.80. The standard InChI is InChI=1S/C11H22N2O2S/c1-4-6-8(7-15-3)13-11(14)9(5-2)10(12)16/h8-9H,4-7H2,1-3H3,(H2,12,16)(H,13,14). The van der Waals surface area contributed by atoms with Crippen LogP contribution < -0.4 is 11.1 Å². The molecule has 5 heteroatoms. The number of nitrogens with two attached hydrogens (primary N) is 1. The first-order valence-electron chi connectivity index (χ1n) is 5.65. The number of nitrogens with one attached hydrogen (secondary N) is 1. The van der Waals surface area contributed by atoms with Crippen LogP contribution in [-0.4, -0.2) is 30.7 Å². The fourth-order valence-corrected chi connectivity index (χ4v) is 1.84. The normalized spacial score (nSPS) is 14.2. The van der Waals surface area contributed by atoms with Gasteiger partial charge in [0.15, 0.2) is 0 Å². The zero-order chi connectivity index (χ0) is 12.6. The molecule has 0 rings (SSSR count). The van der Waals surface area contributed by atoms with Gasteiger partial charge >= 0.3 is 0 Å². The summed E-state index contributed by atoms with van der Waals surface area (Å²) in [5, 5.41) is 2.92. The van der Waals surface area contributed by atoms with Gasteiger partial charge < -0.3 is 15.8 Å². The minimum Gasteiger partial charge on any atom is -0.393 e. The molecule has 94 valence electrons. The molecule has 0 radical (unpaired) electrons. The Morgan fingerprint density at radius 1 is 1.50 bits per heavy atom. The van der Waals surface area contributed by atoms with Gasteiger partial charge in [0.25, 0.3) is 0 Å². The molecule has 2 unspecified atom stereocenters. The molecule has 0 bridgehead atoms. The summed E-state index contributed by atoms with van der Waals surface area (Å²) in [4.78, 5) is 12.1. The van der Waals surface area contributed by atoms with Gasteiger partial charge in [-0.2, -0.15) is 0 Å². The lowest BCUT2D eigenvalue weighted by Crippen LogP contribution is -2.44. The maximum Gasteiger partial charge on any atom is 0.230 e. The van der Waals surface area contributed by atoms with Crippen LogP contribution in [0.1, 0.15) is 33.1 Å². The molecule has 0 aromatic heterocycles. The molecule has 0 aliphatic rings. The van der Waals surface area contributed by atoms with E-state index < -0.39 is 0 Å². The van der Waals surface area contributed by atoms with Gasteiger partial charge in [0.2, 0.25) is 5.91 Å². The molecular formula is C11H22N2O2S. The van der Waals surface area contributed by atoms with Gasteiger partial charge in [0.05, 0.1) is 23.6 Å². The highest BCUT2D eigenvalue weighted by atomic mass is 32.1. The van der Waals surface area contributed by atoms with Gasteiger partial charge in [0.1, 0.15) is 0 Å². The van der Waals surface area contributed by atoms with Crippen LogP contribution in [0.4, 0.5) is 0 Å². The van der Waals surface area contributed by atoms with Crippen LogP contribution >= 0.6 is 12.2 Å². The smallest absolute Gasteiger partial charge is 0.230 e. The number of hydrogen-bond acceptors (Lipinski definition) is 3. The average molecular weight is 246 g/mol. The van der Waals surface area contributed by atoms with Crippen LogP contribution in [0, 0.1) is 5.92 Å². The molecule has 2 atom stereocenters. The number of thiocarbonyl (C=S) groups is 1. The maximum absolute atomic E-state index is 11.8. The molecule has 0 aliphatic heterocycles. The largest absolute Gasteiger partial charge is 0.393 e. The van der Waals surface area contributed by atoms with E-state index in [1.54, 1.807) is 7.11 Å². The van der Waals surface area contributed by atoms with Crippen LogP contribution in [0.5, 0.6) is 0 Å². The van der Waals surface area contributed by atoms with Crippen LogP contribution in [-0.2, 0) is 9.53 Å². The number of ether oxygens (including phenoxy) is 1. The quantitative estimate of drug-likeness (QED) is 0.632. The molecule has 0 aromatic carbocycles. The van der Waals surface area contributed by atoms with Crippen molar-refractivity contribution in [3.05, 3.63) is 0 Å². The molecule has 0 saturated carbocycles. The Morgan fingerprint density at radius 3 is 2.50 bits per heavy atom. The van der Waals surface area contributed by atoms with E-state index in [0.29, 0.717) is 13.0 Å². The van der Waals surface area contributed by atoms with E-state index in [2.05, 4.69) is 12.2 Å². The van der Waals surface area contributed by atoms with Crippen molar-refractivity contribution in [2.45, 2.75) is 39.2 Å². The monoisotopic (exact) mass is 246 g/mol.